The van der Waals surface area contributed by atoms with E-state index < -0.39 is 0 Å². The summed E-state index contributed by atoms with van der Waals surface area (Å²) in [6, 6.07) is 21.7. The molecule has 0 spiro atoms. The van der Waals surface area contributed by atoms with Crippen LogP contribution in [0.2, 0.25) is 0 Å². The molecular formula is C21H19N3OS. The Hall–Kier alpha value is -2.92. The maximum absolute atomic E-state index is 13.0. The van der Waals surface area contributed by atoms with E-state index >= 15 is 0 Å². The Morgan fingerprint density at radius 2 is 1.77 bits per heavy atom. The van der Waals surface area contributed by atoms with Gasteiger partial charge in [-0.2, -0.15) is 0 Å². The van der Waals surface area contributed by atoms with E-state index in [1.54, 1.807) is 4.90 Å². The van der Waals surface area contributed by atoms with Crippen LogP contribution in [-0.2, 0) is 7.05 Å². The summed E-state index contributed by atoms with van der Waals surface area (Å²) in [5.74, 6) is 0.909. The molecule has 0 atom stereocenters. The predicted molar refractivity (Wildman–Crippen MR) is 108 cm³/mol. The van der Waals surface area contributed by atoms with Gasteiger partial charge in [-0.3, -0.25) is 4.79 Å². The number of anilines is 1. The molecule has 0 aliphatic heterocycles. The van der Waals surface area contributed by atoms with Crippen molar-refractivity contribution in [2.24, 2.45) is 7.05 Å². The van der Waals surface area contributed by atoms with Crippen molar-refractivity contribution < 1.29 is 4.79 Å². The van der Waals surface area contributed by atoms with Crippen LogP contribution in [0.3, 0.4) is 0 Å². The van der Waals surface area contributed by atoms with Crippen molar-refractivity contribution in [3.8, 4) is 10.7 Å². The molecule has 4 nitrogen and oxygen atoms in total. The lowest BCUT2D eigenvalue weighted by atomic mass is 10.2. The zero-order chi connectivity index (χ0) is 18.1. The van der Waals surface area contributed by atoms with E-state index in [-0.39, 0.29) is 5.91 Å². The number of amides is 1. The Balaban J connectivity index is 1.69. The minimum absolute atomic E-state index is 0.0220. The molecule has 4 aromatic rings. The van der Waals surface area contributed by atoms with E-state index in [0.717, 1.165) is 32.3 Å². The molecule has 0 saturated carbocycles. The molecule has 0 unspecified atom stereocenters. The summed E-state index contributed by atoms with van der Waals surface area (Å²) < 4.78 is 2.07. The fourth-order valence-electron chi connectivity index (χ4n) is 3.12. The first-order chi connectivity index (χ1) is 12.7. The number of rotatable bonds is 4. The molecule has 0 radical (unpaired) electrons. The monoisotopic (exact) mass is 361 g/mol. The van der Waals surface area contributed by atoms with E-state index in [0.29, 0.717) is 6.54 Å². The third kappa shape index (κ3) is 2.80. The maximum atomic E-state index is 13.0. The number of carbonyl (C=O) groups excluding carboxylic acids is 1. The summed E-state index contributed by atoms with van der Waals surface area (Å²) in [4.78, 5) is 21.2. The molecule has 2 heterocycles. The van der Waals surface area contributed by atoms with Crippen LogP contribution in [-0.4, -0.2) is 22.0 Å². The molecule has 26 heavy (non-hydrogen) atoms. The summed E-state index contributed by atoms with van der Waals surface area (Å²) in [6.07, 6.45) is 0. The second-order valence-corrected chi connectivity index (χ2v) is 7.12. The van der Waals surface area contributed by atoms with Crippen LogP contribution >= 0.6 is 11.3 Å². The fourth-order valence-corrected chi connectivity index (χ4v) is 4.10. The van der Waals surface area contributed by atoms with Gasteiger partial charge in [0, 0.05) is 19.3 Å². The minimum Gasteiger partial charge on any atom is -0.326 e. The lowest BCUT2D eigenvalue weighted by molar-refractivity contribution is 0.0992. The first kappa shape index (κ1) is 16.5. The molecule has 0 N–H and O–H groups in total. The highest BCUT2D eigenvalue weighted by molar-refractivity contribution is 7.17. The van der Waals surface area contributed by atoms with Gasteiger partial charge in [-0.05, 0) is 43.3 Å². The van der Waals surface area contributed by atoms with Crippen LogP contribution in [0, 0.1) is 0 Å². The molecule has 2 aromatic carbocycles. The molecule has 0 fully saturated rings. The van der Waals surface area contributed by atoms with Crippen LogP contribution in [0.15, 0.2) is 66.7 Å². The van der Waals surface area contributed by atoms with E-state index in [1.807, 2.05) is 74.6 Å². The van der Waals surface area contributed by atoms with Gasteiger partial charge in [0.15, 0.2) is 5.82 Å². The van der Waals surface area contributed by atoms with Crippen LogP contribution in [0.25, 0.3) is 21.7 Å². The zero-order valence-electron chi connectivity index (χ0n) is 14.7. The number of carbonyl (C=O) groups is 1. The Bertz CT molecular complexity index is 1070. The molecule has 0 bridgehead atoms. The first-order valence-corrected chi connectivity index (χ1v) is 9.39. The minimum atomic E-state index is 0.0220. The van der Waals surface area contributed by atoms with Gasteiger partial charge < -0.3 is 9.47 Å². The number of nitrogens with zero attached hydrogens (tertiary/aromatic N) is 3. The molecule has 130 valence electrons. The molecule has 0 aliphatic carbocycles. The SMILES string of the molecule is CCN(C(=O)c1ccc(-c2nc3ccccc3n2C)s1)c1ccccc1. The number of imidazole rings is 1. The molecule has 5 heteroatoms. The van der Waals surface area contributed by atoms with Crippen molar-refractivity contribution in [1.29, 1.82) is 0 Å². The van der Waals surface area contributed by atoms with Crippen LogP contribution in [0.1, 0.15) is 16.6 Å². The Morgan fingerprint density at radius 3 is 2.50 bits per heavy atom. The van der Waals surface area contributed by atoms with Gasteiger partial charge in [-0.15, -0.1) is 11.3 Å². The Morgan fingerprint density at radius 1 is 1.04 bits per heavy atom. The van der Waals surface area contributed by atoms with Gasteiger partial charge in [0.2, 0.25) is 0 Å². The Kier molecular flexibility index (Phi) is 4.31. The highest BCUT2D eigenvalue weighted by atomic mass is 32.1. The molecule has 0 aliphatic rings. The average Bonchev–Trinajstić information content (AvgIpc) is 3.29. The Labute approximate surface area is 156 Å². The topological polar surface area (TPSA) is 38.1 Å². The average molecular weight is 361 g/mol. The summed E-state index contributed by atoms with van der Waals surface area (Å²) >= 11 is 1.49. The van der Waals surface area contributed by atoms with E-state index in [4.69, 9.17) is 4.98 Å². The summed E-state index contributed by atoms with van der Waals surface area (Å²) in [7, 11) is 2.01. The number of para-hydroxylation sites is 3. The number of hydrogen-bond donors (Lipinski definition) is 0. The van der Waals surface area contributed by atoms with Gasteiger partial charge in [-0.1, -0.05) is 30.3 Å². The third-order valence-corrected chi connectivity index (χ3v) is 5.52. The first-order valence-electron chi connectivity index (χ1n) is 8.57. The quantitative estimate of drug-likeness (QED) is 0.515. The molecule has 0 saturated heterocycles. The molecule has 4 rings (SSSR count). The van der Waals surface area contributed by atoms with Crippen molar-refractivity contribution in [3.63, 3.8) is 0 Å². The van der Waals surface area contributed by atoms with Gasteiger partial charge in [0.25, 0.3) is 5.91 Å². The maximum Gasteiger partial charge on any atom is 0.268 e. The lowest BCUT2D eigenvalue weighted by Crippen LogP contribution is -2.29. The van der Waals surface area contributed by atoms with Crippen molar-refractivity contribution >= 4 is 34.0 Å². The third-order valence-electron chi connectivity index (χ3n) is 4.45. The van der Waals surface area contributed by atoms with Gasteiger partial charge in [0.1, 0.15) is 0 Å². The predicted octanol–water partition coefficient (Wildman–Crippen LogP) is 4.97. The number of aryl methyl sites for hydroxylation is 1. The standard InChI is InChI=1S/C21H19N3OS/c1-3-24(15-9-5-4-6-10-15)21(25)19-14-13-18(26-19)20-22-16-11-7-8-12-17(16)23(20)2/h4-14H,3H2,1-2H3. The van der Waals surface area contributed by atoms with E-state index in [1.165, 1.54) is 11.3 Å². The second-order valence-electron chi connectivity index (χ2n) is 6.03. The number of benzene rings is 2. The number of aromatic nitrogens is 2. The van der Waals surface area contributed by atoms with Crippen LogP contribution in [0.5, 0.6) is 0 Å². The van der Waals surface area contributed by atoms with Crippen LogP contribution < -0.4 is 4.90 Å². The number of thiophene rings is 1. The summed E-state index contributed by atoms with van der Waals surface area (Å²) in [5.41, 5.74) is 2.96. The van der Waals surface area contributed by atoms with Crippen molar-refractivity contribution in [3.05, 3.63) is 71.6 Å². The van der Waals surface area contributed by atoms with E-state index in [9.17, 15) is 4.79 Å². The second kappa shape index (κ2) is 6.77. The largest absolute Gasteiger partial charge is 0.326 e. The van der Waals surface area contributed by atoms with Crippen molar-refractivity contribution in [1.82, 2.24) is 9.55 Å². The van der Waals surface area contributed by atoms with Gasteiger partial charge in [-0.25, -0.2) is 4.98 Å². The molecule has 2 aromatic heterocycles. The van der Waals surface area contributed by atoms with Gasteiger partial charge in [0.05, 0.1) is 20.8 Å². The van der Waals surface area contributed by atoms with E-state index in [2.05, 4.69) is 10.6 Å². The lowest BCUT2D eigenvalue weighted by Gasteiger charge is -2.20. The highest BCUT2D eigenvalue weighted by Gasteiger charge is 2.19. The van der Waals surface area contributed by atoms with Gasteiger partial charge >= 0.3 is 0 Å². The fraction of sp³-hybridized carbons (Fsp3) is 0.143. The zero-order valence-corrected chi connectivity index (χ0v) is 15.5. The van der Waals surface area contributed by atoms with Crippen molar-refractivity contribution in [2.45, 2.75) is 6.92 Å². The number of hydrogen-bond acceptors (Lipinski definition) is 3. The smallest absolute Gasteiger partial charge is 0.268 e. The molecular weight excluding hydrogens is 342 g/mol. The summed E-state index contributed by atoms with van der Waals surface area (Å²) in [6.45, 7) is 2.62. The summed E-state index contributed by atoms with van der Waals surface area (Å²) in [5, 5.41) is 0. The van der Waals surface area contributed by atoms with Crippen molar-refractivity contribution in [2.75, 3.05) is 11.4 Å². The normalized spacial score (nSPS) is 11.0. The van der Waals surface area contributed by atoms with Crippen LogP contribution in [0.4, 0.5) is 5.69 Å². The number of fused-ring (bicyclic) bond motifs is 1. The highest BCUT2D eigenvalue weighted by Crippen LogP contribution is 2.31. The molecule has 1 amide bonds.